The fraction of sp³-hybridized carbons (Fsp3) is 0.529. The molecular formula is C17H19F2NO2. The van der Waals surface area contributed by atoms with Crippen molar-refractivity contribution in [2.24, 2.45) is 11.8 Å². The lowest BCUT2D eigenvalue weighted by molar-refractivity contribution is -0.112. The minimum absolute atomic E-state index is 0.0282. The van der Waals surface area contributed by atoms with Gasteiger partial charge in [0.2, 0.25) is 0 Å². The fourth-order valence-corrected chi connectivity index (χ4v) is 3.52. The molecule has 1 aliphatic heterocycles. The number of hydrogen-bond acceptors (Lipinski definition) is 2. The van der Waals surface area contributed by atoms with E-state index in [2.05, 4.69) is 0 Å². The van der Waals surface area contributed by atoms with Crippen molar-refractivity contribution >= 4 is 12.2 Å². The Kier molecular flexibility index (Phi) is 3.98. The second-order valence-electron chi connectivity index (χ2n) is 6.43. The molecule has 1 saturated carbocycles. The maximum atomic E-state index is 14.1. The van der Waals surface area contributed by atoms with Gasteiger partial charge < -0.3 is 9.69 Å². The molecule has 2 aliphatic rings. The first-order chi connectivity index (χ1) is 10.5. The lowest BCUT2D eigenvalue weighted by atomic mass is 9.82. The molecule has 0 unspecified atom stereocenters. The highest BCUT2D eigenvalue weighted by molar-refractivity contribution is 5.98. The summed E-state index contributed by atoms with van der Waals surface area (Å²) in [5.74, 6) is -1.20. The van der Waals surface area contributed by atoms with Crippen LogP contribution in [0.25, 0.3) is 0 Å². The zero-order chi connectivity index (χ0) is 15.9. The van der Waals surface area contributed by atoms with Crippen LogP contribution in [0.15, 0.2) is 6.07 Å². The number of halogens is 2. The van der Waals surface area contributed by atoms with Crippen molar-refractivity contribution in [2.45, 2.75) is 39.2 Å². The molecule has 0 spiro atoms. The van der Waals surface area contributed by atoms with E-state index in [-0.39, 0.29) is 29.5 Å². The lowest BCUT2D eigenvalue weighted by Crippen LogP contribution is -2.32. The third-order valence-corrected chi connectivity index (χ3v) is 4.95. The van der Waals surface area contributed by atoms with E-state index in [1.165, 1.54) is 13.0 Å². The predicted octanol–water partition coefficient (Wildman–Crippen LogP) is 3.23. The molecule has 3 rings (SSSR count). The van der Waals surface area contributed by atoms with Crippen molar-refractivity contribution in [3.05, 3.63) is 34.4 Å². The van der Waals surface area contributed by atoms with Crippen LogP contribution < -0.4 is 0 Å². The zero-order valence-electron chi connectivity index (χ0n) is 12.6. The first kappa shape index (κ1) is 15.1. The van der Waals surface area contributed by atoms with E-state index >= 15 is 0 Å². The molecule has 0 atom stereocenters. The minimum atomic E-state index is -0.729. The number of nitrogens with zero attached hydrogens (tertiary/aromatic N) is 1. The van der Waals surface area contributed by atoms with E-state index in [0.717, 1.165) is 32.0 Å². The molecule has 0 N–H and O–H groups in total. The molecule has 3 nitrogen and oxygen atoms in total. The summed E-state index contributed by atoms with van der Waals surface area (Å²) in [7, 11) is 0. The Morgan fingerprint density at radius 3 is 2.59 bits per heavy atom. The Hall–Kier alpha value is -1.78. The van der Waals surface area contributed by atoms with Gasteiger partial charge in [-0.15, -0.1) is 0 Å². The summed E-state index contributed by atoms with van der Waals surface area (Å²) in [6.45, 7) is 2.18. The Balaban J connectivity index is 1.72. The standard InChI is InChI=1S/C17H19F2NO2/c1-10-14(18)6-13-8-20(17(22)15(13)16(10)19)7-11-2-4-12(9-21)5-3-11/h6,9,11-12H,2-5,7-8H2,1H3. The Bertz CT molecular complexity index is 622. The van der Waals surface area contributed by atoms with Gasteiger partial charge in [0.05, 0.1) is 5.56 Å². The second-order valence-corrected chi connectivity index (χ2v) is 6.43. The van der Waals surface area contributed by atoms with Gasteiger partial charge in [-0.1, -0.05) is 0 Å². The SMILES string of the molecule is Cc1c(F)cc2c(c1F)C(=O)N(CC1CCC(C=O)CC1)C2. The molecule has 22 heavy (non-hydrogen) atoms. The normalized spacial score (nSPS) is 24.5. The summed E-state index contributed by atoms with van der Waals surface area (Å²) in [6, 6.07) is 1.27. The molecule has 1 aromatic carbocycles. The molecule has 0 aromatic heterocycles. The van der Waals surface area contributed by atoms with E-state index in [1.54, 1.807) is 4.90 Å². The Morgan fingerprint density at radius 1 is 1.27 bits per heavy atom. The smallest absolute Gasteiger partial charge is 0.257 e. The van der Waals surface area contributed by atoms with Crippen molar-refractivity contribution < 1.29 is 18.4 Å². The predicted molar refractivity (Wildman–Crippen MR) is 77.3 cm³/mol. The molecule has 1 fully saturated rings. The molecule has 1 aliphatic carbocycles. The highest BCUT2D eigenvalue weighted by Gasteiger charge is 2.34. The highest BCUT2D eigenvalue weighted by atomic mass is 19.1. The van der Waals surface area contributed by atoms with Crippen molar-refractivity contribution in [2.75, 3.05) is 6.54 Å². The molecule has 1 amide bonds. The summed E-state index contributed by atoms with van der Waals surface area (Å²) < 4.78 is 27.8. The number of fused-ring (bicyclic) bond motifs is 1. The third kappa shape index (κ3) is 2.53. The van der Waals surface area contributed by atoms with Gasteiger partial charge in [-0.25, -0.2) is 8.78 Å². The van der Waals surface area contributed by atoms with Crippen molar-refractivity contribution in [3.63, 3.8) is 0 Å². The van der Waals surface area contributed by atoms with Crippen LogP contribution in [0.5, 0.6) is 0 Å². The molecule has 118 valence electrons. The number of rotatable bonds is 3. The third-order valence-electron chi connectivity index (χ3n) is 4.95. The van der Waals surface area contributed by atoms with Crippen molar-refractivity contribution in [1.29, 1.82) is 0 Å². The van der Waals surface area contributed by atoms with E-state index < -0.39 is 11.6 Å². The zero-order valence-corrected chi connectivity index (χ0v) is 12.6. The van der Waals surface area contributed by atoms with Crippen LogP contribution >= 0.6 is 0 Å². The number of carbonyl (C=O) groups is 2. The Labute approximate surface area is 128 Å². The maximum absolute atomic E-state index is 14.1. The number of hydrogen-bond donors (Lipinski definition) is 0. The largest absolute Gasteiger partial charge is 0.334 e. The van der Waals surface area contributed by atoms with Gasteiger partial charge in [-0.05, 0) is 50.2 Å². The molecule has 0 bridgehead atoms. The van der Waals surface area contributed by atoms with Crippen LogP contribution in [-0.2, 0) is 11.3 Å². The lowest BCUT2D eigenvalue weighted by Gasteiger charge is -2.29. The van der Waals surface area contributed by atoms with Crippen molar-refractivity contribution in [3.8, 4) is 0 Å². The van der Waals surface area contributed by atoms with Gasteiger partial charge in [0.15, 0.2) is 0 Å². The molecular weight excluding hydrogens is 288 g/mol. The molecule has 1 aromatic rings. The number of benzene rings is 1. The van der Waals surface area contributed by atoms with Crippen molar-refractivity contribution in [1.82, 2.24) is 4.90 Å². The number of amides is 1. The van der Waals surface area contributed by atoms with E-state index in [0.29, 0.717) is 18.0 Å². The van der Waals surface area contributed by atoms with Gasteiger partial charge in [-0.2, -0.15) is 0 Å². The highest BCUT2D eigenvalue weighted by Crippen LogP contribution is 2.33. The molecule has 5 heteroatoms. The van der Waals surface area contributed by atoms with E-state index in [4.69, 9.17) is 0 Å². The summed E-state index contributed by atoms with van der Waals surface area (Å²) >= 11 is 0. The van der Waals surface area contributed by atoms with Crippen LogP contribution in [0.4, 0.5) is 8.78 Å². The Morgan fingerprint density at radius 2 is 1.95 bits per heavy atom. The van der Waals surface area contributed by atoms with Crippen LogP contribution in [0, 0.1) is 30.4 Å². The fourth-order valence-electron chi connectivity index (χ4n) is 3.52. The van der Waals surface area contributed by atoms with Crippen LogP contribution in [0.1, 0.15) is 47.2 Å². The molecule has 1 heterocycles. The van der Waals surface area contributed by atoms with Crippen LogP contribution in [0.3, 0.4) is 0 Å². The summed E-state index contributed by atoms with van der Waals surface area (Å²) in [5, 5.41) is 0. The average Bonchev–Trinajstić information content (AvgIpc) is 2.82. The summed E-state index contributed by atoms with van der Waals surface area (Å²) in [4.78, 5) is 24.8. The first-order valence-electron chi connectivity index (χ1n) is 7.73. The number of carbonyl (C=O) groups excluding carboxylic acids is 2. The van der Waals surface area contributed by atoms with Gasteiger partial charge in [0, 0.05) is 24.6 Å². The minimum Gasteiger partial charge on any atom is -0.334 e. The molecule has 0 saturated heterocycles. The van der Waals surface area contributed by atoms with E-state index in [1.807, 2.05) is 0 Å². The van der Waals surface area contributed by atoms with Crippen LogP contribution in [0.2, 0.25) is 0 Å². The van der Waals surface area contributed by atoms with Crippen LogP contribution in [-0.4, -0.2) is 23.6 Å². The van der Waals surface area contributed by atoms with Gasteiger partial charge in [-0.3, -0.25) is 4.79 Å². The summed E-state index contributed by atoms with van der Waals surface area (Å²) in [6.07, 6.45) is 4.52. The number of aldehydes is 1. The topological polar surface area (TPSA) is 37.4 Å². The van der Waals surface area contributed by atoms with Gasteiger partial charge in [0.1, 0.15) is 17.9 Å². The quantitative estimate of drug-likeness (QED) is 0.804. The maximum Gasteiger partial charge on any atom is 0.257 e. The average molecular weight is 307 g/mol. The second kappa shape index (κ2) is 5.78. The summed E-state index contributed by atoms with van der Waals surface area (Å²) in [5.41, 5.74) is 0.369. The van der Waals surface area contributed by atoms with E-state index in [9.17, 15) is 18.4 Å². The molecule has 0 radical (unpaired) electrons. The monoisotopic (exact) mass is 307 g/mol. The first-order valence-corrected chi connectivity index (χ1v) is 7.73. The van der Waals surface area contributed by atoms with Gasteiger partial charge in [0.25, 0.3) is 5.91 Å². The van der Waals surface area contributed by atoms with Gasteiger partial charge >= 0.3 is 0 Å².